The summed E-state index contributed by atoms with van der Waals surface area (Å²) in [5.41, 5.74) is 2.51. The zero-order valence-electron chi connectivity index (χ0n) is 13.6. The standard InChI is InChI=1S/C20H23NO/c1-4-5-12-21-19-11-10-15(14(2)3)13-18(19)16-8-6-7-9-17(16)20(21)22/h6-11,13-14H,4-5,12H2,1-3H3. The molecule has 0 spiro atoms. The molecule has 0 aliphatic carbocycles. The van der Waals surface area contributed by atoms with Gasteiger partial charge in [0.05, 0.1) is 5.52 Å². The molecule has 0 aliphatic rings. The molecular weight excluding hydrogens is 270 g/mol. The van der Waals surface area contributed by atoms with Crippen LogP contribution in [0.2, 0.25) is 0 Å². The van der Waals surface area contributed by atoms with Gasteiger partial charge in [-0.1, -0.05) is 51.5 Å². The molecule has 3 rings (SSSR count). The average Bonchev–Trinajstić information content (AvgIpc) is 2.54. The molecule has 0 fully saturated rings. The van der Waals surface area contributed by atoms with Crippen molar-refractivity contribution >= 4 is 21.7 Å². The second-order valence-electron chi connectivity index (χ2n) is 6.29. The van der Waals surface area contributed by atoms with Crippen LogP contribution in [0.25, 0.3) is 21.7 Å². The number of unbranched alkanes of at least 4 members (excludes halogenated alkanes) is 1. The summed E-state index contributed by atoms with van der Waals surface area (Å²) < 4.78 is 1.95. The summed E-state index contributed by atoms with van der Waals surface area (Å²) in [4.78, 5) is 12.8. The Balaban J connectivity index is 2.41. The third-order valence-corrected chi connectivity index (χ3v) is 4.41. The van der Waals surface area contributed by atoms with E-state index in [4.69, 9.17) is 0 Å². The summed E-state index contributed by atoms with van der Waals surface area (Å²) in [6.45, 7) is 7.36. The Hall–Kier alpha value is -2.09. The molecule has 0 radical (unpaired) electrons. The van der Waals surface area contributed by atoms with Crippen LogP contribution in [-0.2, 0) is 6.54 Å². The highest BCUT2D eigenvalue weighted by atomic mass is 16.1. The molecule has 0 saturated carbocycles. The van der Waals surface area contributed by atoms with Crippen molar-refractivity contribution in [1.82, 2.24) is 4.57 Å². The first-order valence-electron chi connectivity index (χ1n) is 8.18. The summed E-state index contributed by atoms with van der Waals surface area (Å²) in [6, 6.07) is 14.5. The van der Waals surface area contributed by atoms with Gasteiger partial charge in [0.1, 0.15) is 0 Å². The van der Waals surface area contributed by atoms with Gasteiger partial charge in [-0.15, -0.1) is 0 Å². The smallest absolute Gasteiger partial charge is 0.258 e. The normalized spacial score (nSPS) is 11.6. The zero-order chi connectivity index (χ0) is 15.7. The number of benzene rings is 2. The zero-order valence-corrected chi connectivity index (χ0v) is 13.6. The minimum absolute atomic E-state index is 0.133. The van der Waals surface area contributed by atoms with E-state index < -0.39 is 0 Å². The molecule has 0 bridgehead atoms. The number of aryl methyl sites for hydroxylation is 1. The van der Waals surface area contributed by atoms with E-state index in [2.05, 4.69) is 45.0 Å². The van der Waals surface area contributed by atoms with Crippen molar-refractivity contribution < 1.29 is 0 Å². The van der Waals surface area contributed by atoms with Gasteiger partial charge in [-0.25, -0.2) is 0 Å². The van der Waals surface area contributed by atoms with Gasteiger partial charge >= 0.3 is 0 Å². The first kappa shape index (κ1) is 14.8. The van der Waals surface area contributed by atoms with Crippen molar-refractivity contribution in [2.45, 2.75) is 46.1 Å². The Morgan fingerprint density at radius 2 is 1.73 bits per heavy atom. The molecule has 2 nitrogen and oxygen atoms in total. The maximum absolute atomic E-state index is 12.8. The third-order valence-electron chi connectivity index (χ3n) is 4.41. The molecule has 22 heavy (non-hydrogen) atoms. The van der Waals surface area contributed by atoms with Gasteiger partial charge in [0.25, 0.3) is 5.56 Å². The average molecular weight is 293 g/mol. The fourth-order valence-corrected chi connectivity index (χ4v) is 3.06. The van der Waals surface area contributed by atoms with Crippen molar-refractivity contribution in [2.24, 2.45) is 0 Å². The SMILES string of the molecule is CCCCn1c(=O)c2ccccc2c2cc(C(C)C)ccc21. The molecule has 2 heteroatoms. The Kier molecular flexibility index (Phi) is 4.02. The number of pyridine rings is 1. The first-order chi connectivity index (χ1) is 10.6. The second kappa shape index (κ2) is 5.96. The summed E-state index contributed by atoms with van der Waals surface area (Å²) in [5.74, 6) is 0.485. The molecule has 3 aromatic rings. The van der Waals surface area contributed by atoms with Crippen molar-refractivity contribution in [2.75, 3.05) is 0 Å². The van der Waals surface area contributed by atoms with Crippen LogP contribution in [0.3, 0.4) is 0 Å². The molecular formula is C20H23NO. The van der Waals surface area contributed by atoms with Crippen LogP contribution in [0.15, 0.2) is 47.3 Å². The van der Waals surface area contributed by atoms with Gasteiger partial charge in [0, 0.05) is 17.3 Å². The van der Waals surface area contributed by atoms with E-state index in [9.17, 15) is 4.79 Å². The monoisotopic (exact) mass is 293 g/mol. The quantitative estimate of drug-likeness (QED) is 0.615. The number of hydrogen-bond donors (Lipinski definition) is 0. The Morgan fingerprint density at radius 3 is 2.41 bits per heavy atom. The maximum atomic E-state index is 12.8. The largest absolute Gasteiger partial charge is 0.308 e. The molecule has 0 saturated heterocycles. The number of fused-ring (bicyclic) bond motifs is 3. The fraction of sp³-hybridized carbons (Fsp3) is 0.350. The fourth-order valence-electron chi connectivity index (χ4n) is 3.06. The van der Waals surface area contributed by atoms with Gasteiger partial charge in [0.2, 0.25) is 0 Å². The highest BCUT2D eigenvalue weighted by molar-refractivity contribution is 6.05. The van der Waals surface area contributed by atoms with E-state index >= 15 is 0 Å². The Labute approximate surface area is 131 Å². The first-order valence-corrected chi connectivity index (χ1v) is 8.18. The van der Waals surface area contributed by atoms with Crippen LogP contribution >= 0.6 is 0 Å². The molecule has 0 atom stereocenters. The Morgan fingerprint density at radius 1 is 1.00 bits per heavy atom. The number of rotatable bonds is 4. The maximum Gasteiger partial charge on any atom is 0.258 e. The minimum atomic E-state index is 0.133. The summed E-state index contributed by atoms with van der Waals surface area (Å²) in [5, 5.41) is 3.09. The minimum Gasteiger partial charge on any atom is -0.308 e. The van der Waals surface area contributed by atoms with E-state index in [1.54, 1.807) is 0 Å². The van der Waals surface area contributed by atoms with Crippen LogP contribution < -0.4 is 5.56 Å². The third kappa shape index (κ3) is 2.43. The number of nitrogens with zero attached hydrogens (tertiary/aromatic N) is 1. The van der Waals surface area contributed by atoms with Crippen molar-refractivity contribution in [3.8, 4) is 0 Å². The molecule has 0 aliphatic heterocycles. The van der Waals surface area contributed by atoms with Crippen molar-refractivity contribution in [1.29, 1.82) is 0 Å². The van der Waals surface area contributed by atoms with E-state index in [1.165, 1.54) is 10.9 Å². The lowest BCUT2D eigenvalue weighted by atomic mass is 9.98. The highest BCUT2D eigenvalue weighted by Crippen LogP contribution is 2.26. The van der Waals surface area contributed by atoms with Crippen LogP contribution in [0.5, 0.6) is 0 Å². The van der Waals surface area contributed by atoms with Crippen molar-refractivity contribution in [3.63, 3.8) is 0 Å². The van der Waals surface area contributed by atoms with Crippen LogP contribution in [0.1, 0.15) is 45.1 Å². The van der Waals surface area contributed by atoms with Gasteiger partial charge in [0.15, 0.2) is 0 Å². The molecule has 0 unspecified atom stereocenters. The number of aromatic nitrogens is 1. The summed E-state index contributed by atoms with van der Waals surface area (Å²) >= 11 is 0. The lowest BCUT2D eigenvalue weighted by Gasteiger charge is -2.15. The number of hydrogen-bond acceptors (Lipinski definition) is 1. The molecule has 2 aromatic carbocycles. The summed E-state index contributed by atoms with van der Waals surface area (Å²) in [6.07, 6.45) is 2.12. The van der Waals surface area contributed by atoms with Crippen molar-refractivity contribution in [3.05, 3.63) is 58.4 Å². The van der Waals surface area contributed by atoms with Gasteiger partial charge in [-0.05, 0) is 41.5 Å². The molecule has 114 valence electrons. The van der Waals surface area contributed by atoms with Gasteiger partial charge in [-0.2, -0.15) is 0 Å². The van der Waals surface area contributed by atoms with Gasteiger partial charge in [-0.3, -0.25) is 4.79 Å². The molecule has 1 aromatic heterocycles. The predicted octanol–water partition coefficient (Wildman–Crippen LogP) is 5.08. The van der Waals surface area contributed by atoms with Crippen LogP contribution in [0.4, 0.5) is 0 Å². The molecule has 1 heterocycles. The van der Waals surface area contributed by atoms with Gasteiger partial charge < -0.3 is 4.57 Å². The van der Waals surface area contributed by atoms with E-state index in [0.29, 0.717) is 5.92 Å². The molecule has 0 N–H and O–H groups in total. The topological polar surface area (TPSA) is 22.0 Å². The van der Waals surface area contributed by atoms with E-state index in [1.807, 2.05) is 22.8 Å². The van der Waals surface area contributed by atoms with E-state index in [0.717, 1.165) is 35.7 Å². The lowest BCUT2D eigenvalue weighted by Crippen LogP contribution is -2.21. The highest BCUT2D eigenvalue weighted by Gasteiger charge is 2.11. The second-order valence-corrected chi connectivity index (χ2v) is 6.29. The summed E-state index contributed by atoms with van der Waals surface area (Å²) in [7, 11) is 0. The van der Waals surface area contributed by atoms with Crippen LogP contribution in [-0.4, -0.2) is 4.57 Å². The van der Waals surface area contributed by atoms with E-state index in [-0.39, 0.29) is 5.56 Å². The van der Waals surface area contributed by atoms with Crippen LogP contribution in [0, 0.1) is 0 Å². The Bertz CT molecular complexity index is 874. The predicted molar refractivity (Wildman–Crippen MR) is 94.7 cm³/mol. The molecule has 0 amide bonds. The lowest BCUT2D eigenvalue weighted by molar-refractivity contribution is 0.635.